The van der Waals surface area contributed by atoms with E-state index in [0.717, 1.165) is 17.8 Å². The van der Waals surface area contributed by atoms with Crippen molar-refractivity contribution >= 4 is 40.3 Å². The lowest BCUT2D eigenvalue weighted by molar-refractivity contribution is 0.0204. The Morgan fingerprint density at radius 2 is 1.79 bits per heavy atom. The molecule has 3 heterocycles. The number of amides is 3. The van der Waals surface area contributed by atoms with Gasteiger partial charge in [0, 0.05) is 30.0 Å². The molecular weight excluding hydrogens is 448 g/mol. The average molecular weight is 473 g/mol. The van der Waals surface area contributed by atoms with E-state index in [1.807, 2.05) is 20.8 Å². The number of hydrogen-bond acceptors (Lipinski definition) is 9. The van der Waals surface area contributed by atoms with E-state index in [1.54, 1.807) is 22.4 Å². The standard InChI is InChI=1S/C21H24N6O5S/c1-21(2,3)31-20(30)27-8-6-12(7-9-27)19-22-16(11-33-19)18(29)24-23-17(28)13-4-5-14-15(10-13)26-32-25-14/h4-5,10-12H,6-9H2,1-3H3,(H,23,28)(H,24,29). The Kier molecular flexibility index (Phi) is 6.27. The molecule has 0 bridgehead atoms. The van der Waals surface area contributed by atoms with Gasteiger partial charge in [0.2, 0.25) is 0 Å². The molecular formula is C21H24N6O5S. The van der Waals surface area contributed by atoms with E-state index in [4.69, 9.17) is 4.74 Å². The summed E-state index contributed by atoms with van der Waals surface area (Å²) in [7, 11) is 0. The smallest absolute Gasteiger partial charge is 0.410 e. The third-order valence-electron chi connectivity index (χ3n) is 5.06. The zero-order valence-electron chi connectivity index (χ0n) is 18.5. The van der Waals surface area contributed by atoms with Gasteiger partial charge in [0.25, 0.3) is 11.8 Å². The summed E-state index contributed by atoms with van der Waals surface area (Å²) in [5.41, 5.74) is 5.71. The quantitative estimate of drug-likeness (QED) is 0.555. The molecule has 1 aliphatic heterocycles. The minimum absolute atomic E-state index is 0.160. The zero-order valence-corrected chi connectivity index (χ0v) is 19.3. The van der Waals surface area contributed by atoms with E-state index in [9.17, 15) is 14.4 Å². The maximum absolute atomic E-state index is 12.4. The van der Waals surface area contributed by atoms with Gasteiger partial charge in [-0.1, -0.05) is 0 Å². The molecule has 1 fully saturated rings. The number of aromatic nitrogens is 3. The Morgan fingerprint density at radius 3 is 2.52 bits per heavy atom. The third-order valence-corrected chi connectivity index (χ3v) is 6.06. The van der Waals surface area contributed by atoms with Crippen LogP contribution in [0.3, 0.4) is 0 Å². The van der Waals surface area contributed by atoms with Crippen LogP contribution in [0, 0.1) is 0 Å². The van der Waals surface area contributed by atoms with Gasteiger partial charge in [-0.3, -0.25) is 20.4 Å². The highest BCUT2D eigenvalue weighted by molar-refractivity contribution is 7.09. The maximum atomic E-state index is 12.4. The lowest BCUT2D eigenvalue weighted by atomic mass is 9.98. The van der Waals surface area contributed by atoms with Gasteiger partial charge in [0.15, 0.2) is 0 Å². The summed E-state index contributed by atoms with van der Waals surface area (Å²) in [6, 6.07) is 4.67. The first-order valence-corrected chi connectivity index (χ1v) is 11.3. The second-order valence-electron chi connectivity index (χ2n) is 8.69. The SMILES string of the molecule is CC(C)(C)OC(=O)N1CCC(c2nc(C(=O)NNC(=O)c3ccc4nonc4c3)cs2)CC1. The summed E-state index contributed by atoms with van der Waals surface area (Å²) in [5, 5.41) is 9.86. The molecule has 0 radical (unpaired) electrons. The monoisotopic (exact) mass is 472 g/mol. The first kappa shape index (κ1) is 22.6. The van der Waals surface area contributed by atoms with Crippen LogP contribution in [-0.4, -0.2) is 56.8 Å². The van der Waals surface area contributed by atoms with Crippen LogP contribution in [0.25, 0.3) is 11.0 Å². The van der Waals surface area contributed by atoms with Crippen LogP contribution < -0.4 is 10.9 Å². The number of hydrogen-bond donors (Lipinski definition) is 2. The second kappa shape index (κ2) is 9.14. The maximum Gasteiger partial charge on any atom is 0.410 e. The van der Waals surface area contributed by atoms with Gasteiger partial charge >= 0.3 is 6.09 Å². The van der Waals surface area contributed by atoms with E-state index in [0.29, 0.717) is 29.7 Å². The number of benzene rings is 1. The Balaban J connectivity index is 1.28. The molecule has 1 saturated heterocycles. The molecule has 12 heteroatoms. The molecule has 174 valence electrons. The fourth-order valence-electron chi connectivity index (χ4n) is 3.39. The second-order valence-corrected chi connectivity index (χ2v) is 9.58. The van der Waals surface area contributed by atoms with Gasteiger partial charge in [-0.25, -0.2) is 14.4 Å². The highest BCUT2D eigenvalue weighted by Gasteiger charge is 2.29. The summed E-state index contributed by atoms with van der Waals surface area (Å²) >= 11 is 1.39. The average Bonchev–Trinajstić information content (AvgIpc) is 3.45. The molecule has 0 saturated carbocycles. The van der Waals surface area contributed by atoms with Crippen molar-refractivity contribution in [1.82, 2.24) is 31.0 Å². The molecule has 0 spiro atoms. The van der Waals surface area contributed by atoms with Crippen LogP contribution in [0.1, 0.15) is 65.4 Å². The Hall–Kier alpha value is -3.54. The summed E-state index contributed by atoms with van der Waals surface area (Å²) in [4.78, 5) is 43.1. The van der Waals surface area contributed by atoms with Crippen LogP contribution in [0.5, 0.6) is 0 Å². The minimum atomic E-state index is -0.527. The number of carbonyl (C=O) groups excluding carboxylic acids is 3. The van der Waals surface area contributed by atoms with Gasteiger partial charge in [0.1, 0.15) is 22.3 Å². The molecule has 33 heavy (non-hydrogen) atoms. The predicted octanol–water partition coefficient (Wildman–Crippen LogP) is 2.87. The third kappa shape index (κ3) is 5.45. The highest BCUT2D eigenvalue weighted by atomic mass is 32.1. The highest BCUT2D eigenvalue weighted by Crippen LogP contribution is 2.31. The van der Waals surface area contributed by atoms with E-state index in [-0.39, 0.29) is 17.7 Å². The van der Waals surface area contributed by atoms with Crippen molar-refractivity contribution in [3.8, 4) is 0 Å². The number of fused-ring (bicyclic) bond motifs is 1. The first-order valence-electron chi connectivity index (χ1n) is 10.5. The molecule has 3 amide bonds. The van der Waals surface area contributed by atoms with Gasteiger partial charge in [0.05, 0.1) is 5.01 Å². The van der Waals surface area contributed by atoms with E-state index >= 15 is 0 Å². The lowest BCUT2D eigenvalue weighted by Gasteiger charge is -2.32. The van der Waals surface area contributed by atoms with Crippen LogP contribution in [0.15, 0.2) is 28.2 Å². The fourth-order valence-corrected chi connectivity index (χ4v) is 4.36. The summed E-state index contributed by atoms with van der Waals surface area (Å²) < 4.78 is 10.0. The minimum Gasteiger partial charge on any atom is -0.444 e. The Morgan fingerprint density at radius 1 is 1.09 bits per heavy atom. The van der Waals surface area contributed by atoms with E-state index < -0.39 is 17.4 Å². The number of rotatable bonds is 3. The molecule has 2 aromatic heterocycles. The van der Waals surface area contributed by atoms with E-state index in [2.05, 4.69) is 30.8 Å². The Labute approximate surface area is 193 Å². The molecule has 0 aliphatic carbocycles. The van der Waals surface area contributed by atoms with Crippen molar-refractivity contribution in [3.63, 3.8) is 0 Å². The van der Waals surface area contributed by atoms with Crippen molar-refractivity contribution in [2.45, 2.75) is 45.1 Å². The number of ether oxygens (including phenoxy) is 1. The van der Waals surface area contributed by atoms with Crippen molar-refractivity contribution in [2.24, 2.45) is 0 Å². The molecule has 11 nitrogen and oxygen atoms in total. The van der Waals surface area contributed by atoms with Gasteiger partial charge in [-0.15, -0.1) is 11.3 Å². The van der Waals surface area contributed by atoms with Crippen LogP contribution in [0.4, 0.5) is 4.79 Å². The summed E-state index contributed by atoms with van der Waals surface area (Å²) in [5.74, 6) is -0.855. The Bertz CT molecular complexity index is 1180. The fraction of sp³-hybridized carbons (Fsp3) is 0.429. The number of likely N-dealkylation sites (tertiary alicyclic amines) is 1. The van der Waals surface area contributed by atoms with Gasteiger partial charge < -0.3 is 9.64 Å². The number of carbonyl (C=O) groups is 3. The largest absolute Gasteiger partial charge is 0.444 e. The van der Waals surface area contributed by atoms with Crippen LogP contribution >= 0.6 is 11.3 Å². The number of nitrogens with one attached hydrogen (secondary N) is 2. The first-order chi connectivity index (χ1) is 15.7. The predicted molar refractivity (Wildman–Crippen MR) is 119 cm³/mol. The van der Waals surface area contributed by atoms with Gasteiger partial charge in [-0.05, 0) is 62.1 Å². The molecule has 1 aliphatic rings. The number of piperidine rings is 1. The normalized spacial score (nSPS) is 14.8. The summed E-state index contributed by atoms with van der Waals surface area (Å²) in [6.45, 7) is 6.67. The van der Waals surface area contributed by atoms with Crippen molar-refractivity contribution in [3.05, 3.63) is 39.8 Å². The lowest BCUT2D eigenvalue weighted by Crippen LogP contribution is -2.42. The molecule has 0 unspecified atom stereocenters. The molecule has 0 atom stereocenters. The molecule has 3 aromatic rings. The van der Waals surface area contributed by atoms with Crippen molar-refractivity contribution < 1.29 is 23.7 Å². The van der Waals surface area contributed by atoms with Crippen molar-refractivity contribution in [1.29, 1.82) is 0 Å². The van der Waals surface area contributed by atoms with E-state index in [1.165, 1.54) is 17.4 Å². The van der Waals surface area contributed by atoms with Gasteiger partial charge in [-0.2, -0.15) is 0 Å². The van der Waals surface area contributed by atoms with Crippen LogP contribution in [-0.2, 0) is 4.74 Å². The topological polar surface area (TPSA) is 140 Å². The van der Waals surface area contributed by atoms with Crippen LogP contribution in [0.2, 0.25) is 0 Å². The zero-order chi connectivity index (χ0) is 23.6. The molecule has 1 aromatic carbocycles. The molecule has 2 N–H and O–H groups in total. The number of hydrazine groups is 1. The molecule has 4 rings (SSSR count). The summed E-state index contributed by atoms with van der Waals surface area (Å²) in [6.07, 6.45) is 1.17. The van der Waals surface area contributed by atoms with Crippen molar-refractivity contribution in [2.75, 3.05) is 13.1 Å². The number of thiazole rings is 1. The number of nitrogens with zero attached hydrogens (tertiary/aromatic N) is 4.